The van der Waals surface area contributed by atoms with Crippen molar-refractivity contribution < 1.29 is 44.3 Å². The quantitative estimate of drug-likeness (QED) is 0.315. The Kier molecular flexibility index (Phi) is 8.37. The van der Waals surface area contributed by atoms with Gasteiger partial charge in [-0.3, -0.25) is 4.31 Å². The summed E-state index contributed by atoms with van der Waals surface area (Å²) in [5.74, 6) is -1.87. The van der Waals surface area contributed by atoms with Crippen LogP contribution >= 0.6 is 0 Å². The van der Waals surface area contributed by atoms with Gasteiger partial charge >= 0.3 is 11.9 Å². The molecule has 1 aromatic heterocycles. The number of anilines is 1. The van der Waals surface area contributed by atoms with Gasteiger partial charge in [0.1, 0.15) is 18.2 Å². The minimum Gasteiger partial charge on any atom is -0.494 e. The van der Waals surface area contributed by atoms with Crippen molar-refractivity contribution in [1.82, 2.24) is 10.2 Å². The van der Waals surface area contributed by atoms with Crippen molar-refractivity contribution in [3.05, 3.63) is 88.2 Å². The number of halogens is 5. The highest BCUT2D eigenvalue weighted by Crippen LogP contribution is 2.41. The summed E-state index contributed by atoms with van der Waals surface area (Å²) in [5, 5.41) is 5.68. The van der Waals surface area contributed by atoms with Crippen molar-refractivity contribution in [3.8, 4) is 22.6 Å². The Morgan fingerprint density at radius 1 is 1.10 bits per heavy atom. The van der Waals surface area contributed by atoms with E-state index in [1.165, 1.54) is 25.3 Å². The van der Waals surface area contributed by atoms with Crippen LogP contribution in [0.2, 0.25) is 0 Å². The van der Waals surface area contributed by atoms with Gasteiger partial charge in [0, 0.05) is 18.1 Å². The zero-order valence-corrected chi connectivity index (χ0v) is 22.3. The molecule has 1 N–H and O–H groups in total. The van der Waals surface area contributed by atoms with Gasteiger partial charge in [-0.25, -0.2) is 27.1 Å². The molecule has 0 unspecified atom stereocenters. The molecule has 4 aromatic rings. The molecule has 15 heteroatoms. The number of H-pyrrole nitrogens is 1. The standard InChI is InChI=1S/C22H16F5NO4S.C4H6N2O2/c1-31-20-12-15(23)11-17(21(20)24)13-5-6-19-18(9-13)28(7-8-32-19)33(29,30)16-4-2-3-14(10-16)22(25,26)27;1-2-3-5-6-4(7)8-3/h2-6,9-12H,7-8H2,1H3;2H2,1H3,(H,6,7). The molecule has 0 spiro atoms. The number of aryl methyl sites for hydroxylation is 1. The summed E-state index contributed by atoms with van der Waals surface area (Å²) in [6, 6.07) is 9.24. The third kappa shape index (κ3) is 6.34. The van der Waals surface area contributed by atoms with Crippen molar-refractivity contribution in [3.63, 3.8) is 0 Å². The molecule has 0 amide bonds. The second-order valence-electron chi connectivity index (χ2n) is 8.46. The van der Waals surface area contributed by atoms with Crippen LogP contribution in [0.1, 0.15) is 18.4 Å². The normalized spacial score (nSPS) is 13.1. The van der Waals surface area contributed by atoms with E-state index in [9.17, 15) is 35.2 Å². The maximum atomic E-state index is 14.8. The number of nitrogens with one attached hydrogen (secondary N) is 1. The van der Waals surface area contributed by atoms with Gasteiger partial charge < -0.3 is 13.9 Å². The fourth-order valence-electron chi connectivity index (χ4n) is 3.91. The van der Waals surface area contributed by atoms with Crippen LogP contribution < -0.4 is 19.5 Å². The van der Waals surface area contributed by atoms with E-state index in [-0.39, 0.29) is 41.5 Å². The van der Waals surface area contributed by atoms with Gasteiger partial charge in [0.2, 0.25) is 5.89 Å². The molecule has 2 heterocycles. The zero-order chi connectivity index (χ0) is 29.9. The van der Waals surface area contributed by atoms with E-state index in [4.69, 9.17) is 9.47 Å². The van der Waals surface area contributed by atoms with Gasteiger partial charge in [0.25, 0.3) is 10.0 Å². The largest absolute Gasteiger partial charge is 0.494 e. The van der Waals surface area contributed by atoms with Crippen LogP contribution in [0.4, 0.5) is 27.6 Å². The van der Waals surface area contributed by atoms with E-state index in [2.05, 4.69) is 14.6 Å². The first-order valence-corrected chi connectivity index (χ1v) is 13.3. The molecular formula is C26H22F5N3O6S. The number of alkyl halides is 3. The molecule has 0 atom stereocenters. The lowest BCUT2D eigenvalue weighted by Gasteiger charge is -2.31. The first-order valence-electron chi connectivity index (χ1n) is 11.9. The van der Waals surface area contributed by atoms with Crippen molar-refractivity contribution in [1.29, 1.82) is 0 Å². The number of ether oxygens (including phenoxy) is 2. The minimum atomic E-state index is -4.73. The maximum Gasteiger partial charge on any atom is 0.434 e. The zero-order valence-electron chi connectivity index (χ0n) is 21.5. The smallest absolute Gasteiger partial charge is 0.434 e. The first-order chi connectivity index (χ1) is 19.3. The summed E-state index contributed by atoms with van der Waals surface area (Å²) >= 11 is 0. The van der Waals surface area contributed by atoms with Crippen LogP contribution in [0.15, 0.2) is 68.7 Å². The Morgan fingerprint density at radius 3 is 2.46 bits per heavy atom. The number of rotatable bonds is 5. The highest BCUT2D eigenvalue weighted by molar-refractivity contribution is 7.92. The van der Waals surface area contributed by atoms with E-state index >= 15 is 0 Å². The predicted octanol–water partition coefficient (Wildman–Crippen LogP) is 5.17. The van der Waals surface area contributed by atoms with Gasteiger partial charge in [-0.05, 0) is 42.0 Å². The number of sulfonamides is 1. The van der Waals surface area contributed by atoms with E-state index in [1.54, 1.807) is 0 Å². The molecule has 1 aliphatic heterocycles. The van der Waals surface area contributed by atoms with Gasteiger partial charge in [-0.1, -0.05) is 19.1 Å². The Labute approximate surface area is 230 Å². The summed E-state index contributed by atoms with van der Waals surface area (Å²) in [4.78, 5) is 9.60. The fraction of sp³-hybridized carbons (Fsp3) is 0.231. The molecule has 1 aliphatic rings. The van der Waals surface area contributed by atoms with Crippen LogP contribution in [0, 0.1) is 11.6 Å². The Bertz CT molecular complexity index is 1720. The lowest BCUT2D eigenvalue weighted by Crippen LogP contribution is -2.38. The summed E-state index contributed by atoms with van der Waals surface area (Å²) in [5.41, 5.74) is -1.19. The van der Waals surface area contributed by atoms with Crippen molar-refractivity contribution in [2.24, 2.45) is 0 Å². The maximum absolute atomic E-state index is 14.8. The number of benzene rings is 3. The summed E-state index contributed by atoms with van der Waals surface area (Å²) in [6.45, 7) is 1.62. The van der Waals surface area contributed by atoms with E-state index in [1.807, 2.05) is 6.92 Å². The Balaban J connectivity index is 0.000000417. The SMILES string of the molecule is CCc1n[nH]c(=O)o1.COc1cc(F)cc(-c2ccc3c(c2)N(S(=O)(=O)c2cccc(C(F)(F)F)c2)CCO3)c1F. The van der Waals surface area contributed by atoms with Gasteiger partial charge in [0.15, 0.2) is 11.6 Å². The summed E-state index contributed by atoms with van der Waals surface area (Å²) in [6.07, 6.45) is -4.08. The molecule has 0 saturated carbocycles. The fourth-order valence-corrected chi connectivity index (χ4v) is 5.40. The number of aromatic amines is 1. The van der Waals surface area contributed by atoms with Gasteiger partial charge in [0.05, 0.1) is 29.8 Å². The van der Waals surface area contributed by atoms with E-state index in [0.29, 0.717) is 18.4 Å². The average Bonchev–Trinajstić information content (AvgIpc) is 3.38. The topological polar surface area (TPSA) is 115 Å². The molecule has 5 rings (SSSR count). The minimum absolute atomic E-state index is 0.0150. The number of hydrogen-bond acceptors (Lipinski definition) is 7. The molecule has 0 bridgehead atoms. The van der Waals surface area contributed by atoms with Gasteiger partial charge in [-0.15, -0.1) is 5.10 Å². The number of aromatic nitrogens is 2. The Hall–Kier alpha value is -4.40. The molecule has 0 fully saturated rings. The monoisotopic (exact) mass is 599 g/mol. The molecular weight excluding hydrogens is 577 g/mol. The molecule has 0 saturated heterocycles. The molecule has 41 heavy (non-hydrogen) atoms. The van der Waals surface area contributed by atoms with Crippen LogP contribution in [-0.4, -0.2) is 38.9 Å². The molecule has 0 aliphatic carbocycles. The summed E-state index contributed by atoms with van der Waals surface area (Å²) in [7, 11) is -3.26. The second-order valence-corrected chi connectivity index (χ2v) is 10.3. The average molecular weight is 600 g/mol. The van der Waals surface area contributed by atoms with Crippen molar-refractivity contribution in [2.45, 2.75) is 24.4 Å². The lowest BCUT2D eigenvalue weighted by molar-refractivity contribution is -0.137. The van der Waals surface area contributed by atoms with Crippen LogP contribution in [-0.2, 0) is 22.6 Å². The number of methoxy groups -OCH3 is 1. The Morgan fingerprint density at radius 2 is 1.85 bits per heavy atom. The molecule has 218 valence electrons. The highest BCUT2D eigenvalue weighted by Gasteiger charge is 2.35. The van der Waals surface area contributed by atoms with Crippen LogP contribution in [0.25, 0.3) is 11.1 Å². The third-order valence-corrected chi connectivity index (χ3v) is 7.66. The summed E-state index contributed by atoms with van der Waals surface area (Å²) < 4.78 is 110. The number of hydrogen-bond donors (Lipinski definition) is 1. The molecule has 0 radical (unpaired) electrons. The third-order valence-electron chi connectivity index (χ3n) is 5.85. The number of fused-ring (bicyclic) bond motifs is 1. The first kappa shape index (κ1) is 29.6. The van der Waals surface area contributed by atoms with Crippen molar-refractivity contribution in [2.75, 3.05) is 24.6 Å². The van der Waals surface area contributed by atoms with Crippen molar-refractivity contribution >= 4 is 15.7 Å². The van der Waals surface area contributed by atoms with E-state index in [0.717, 1.165) is 34.6 Å². The second kappa shape index (κ2) is 11.6. The highest BCUT2D eigenvalue weighted by atomic mass is 32.2. The van der Waals surface area contributed by atoms with E-state index < -0.39 is 44.0 Å². The van der Waals surface area contributed by atoms with Crippen LogP contribution in [0.5, 0.6) is 11.5 Å². The van der Waals surface area contributed by atoms with Gasteiger partial charge in [-0.2, -0.15) is 13.2 Å². The molecule has 9 nitrogen and oxygen atoms in total. The van der Waals surface area contributed by atoms with Crippen LogP contribution in [0.3, 0.4) is 0 Å². The number of nitrogens with zero attached hydrogens (tertiary/aromatic N) is 2. The predicted molar refractivity (Wildman–Crippen MR) is 136 cm³/mol. The lowest BCUT2D eigenvalue weighted by atomic mass is 10.0. The molecule has 3 aromatic carbocycles.